The Morgan fingerprint density at radius 1 is 1.33 bits per heavy atom. The Bertz CT molecular complexity index is 389. The number of hydrogen-bond acceptors (Lipinski definition) is 3. The number of rotatable bonds is 3. The van der Waals surface area contributed by atoms with Crippen molar-refractivity contribution in [3.8, 4) is 0 Å². The van der Waals surface area contributed by atoms with Gasteiger partial charge in [-0.2, -0.15) is 0 Å². The Balaban J connectivity index is 2.24. The summed E-state index contributed by atoms with van der Waals surface area (Å²) in [6.07, 6.45) is 0. The highest BCUT2D eigenvalue weighted by molar-refractivity contribution is 5.51. The van der Waals surface area contributed by atoms with E-state index in [-0.39, 0.29) is 0 Å². The lowest BCUT2D eigenvalue weighted by Gasteiger charge is -2.44. The summed E-state index contributed by atoms with van der Waals surface area (Å²) >= 11 is 0. The van der Waals surface area contributed by atoms with Gasteiger partial charge in [0.1, 0.15) is 0 Å². The highest BCUT2D eigenvalue weighted by Crippen LogP contribution is 2.23. The maximum atomic E-state index is 3.54. The van der Waals surface area contributed by atoms with E-state index in [0.29, 0.717) is 12.1 Å². The van der Waals surface area contributed by atoms with E-state index in [1.165, 1.54) is 11.3 Å². The lowest BCUT2D eigenvalue weighted by Crippen LogP contribution is -2.59. The predicted octanol–water partition coefficient (Wildman–Crippen LogP) is 1.72. The maximum absolute atomic E-state index is 3.54. The molecular formula is C15H25N3. The molecule has 2 rings (SSSR count). The molecule has 2 unspecified atom stereocenters. The van der Waals surface area contributed by atoms with Gasteiger partial charge in [-0.1, -0.05) is 12.1 Å². The van der Waals surface area contributed by atoms with E-state index in [9.17, 15) is 0 Å². The number of likely N-dealkylation sites (N-methyl/N-ethyl adjacent to an activating group) is 1. The zero-order chi connectivity index (χ0) is 13.1. The molecule has 1 aromatic rings. The van der Waals surface area contributed by atoms with Crippen molar-refractivity contribution in [1.82, 2.24) is 10.2 Å². The molecule has 0 amide bonds. The van der Waals surface area contributed by atoms with Crippen molar-refractivity contribution in [1.29, 1.82) is 0 Å². The predicted molar refractivity (Wildman–Crippen MR) is 78.3 cm³/mol. The van der Waals surface area contributed by atoms with Gasteiger partial charge in [0.25, 0.3) is 0 Å². The standard InChI is InChI=1S/C15H25N3/c1-12-6-5-7-14(8-12)18-13(2)9-16-10-15(18)11-17(3)4/h5-8,13,15-16H,9-11H2,1-4H3. The van der Waals surface area contributed by atoms with Crippen LogP contribution in [0.2, 0.25) is 0 Å². The third-order valence-corrected chi connectivity index (χ3v) is 3.56. The first kappa shape index (κ1) is 13.4. The summed E-state index contributed by atoms with van der Waals surface area (Å²) in [7, 11) is 4.29. The second-order valence-corrected chi connectivity index (χ2v) is 5.67. The van der Waals surface area contributed by atoms with Gasteiger partial charge in [0, 0.05) is 31.4 Å². The van der Waals surface area contributed by atoms with Gasteiger partial charge in [0.05, 0.1) is 6.04 Å². The zero-order valence-electron chi connectivity index (χ0n) is 12.0. The molecule has 0 spiro atoms. The highest BCUT2D eigenvalue weighted by Gasteiger charge is 2.28. The first-order valence-electron chi connectivity index (χ1n) is 6.78. The fraction of sp³-hybridized carbons (Fsp3) is 0.600. The van der Waals surface area contributed by atoms with Crippen LogP contribution < -0.4 is 10.2 Å². The summed E-state index contributed by atoms with van der Waals surface area (Å²) in [5, 5.41) is 3.54. The van der Waals surface area contributed by atoms with Gasteiger partial charge < -0.3 is 15.1 Å². The molecule has 18 heavy (non-hydrogen) atoms. The van der Waals surface area contributed by atoms with E-state index >= 15 is 0 Å². The molecule has 0 aliphatic carbocycles. The molecule has 1 saturated heterocycles. The number of nitrogens with one attached hydrogen (secondary N) is 1. The zero-order valence-corrected chi connectivity index (χ0v) is 12.0. The molecule has 0 radical (unpaired) electrons. The minimum atomic E-state index is 0.547. The van der Waals surface area contributed by atoms with Crippen molar-refractivity contribution in [3.63, 3.8) is 0 Å². The average Bonchev–Trinajstić information content (AvgIpc) is 2.28. The van der Waals surface area contributed by atoms with Crippen LogP contribution in [-0.4, -0.2) is 50.7 Å². The van der Waals surface area contributed by atoms with Crippen molar-refractivity contribution in [2.45, 2.75) is 25.9 Å². The topological polar surface area (TPSA) is 18.5 Å². The second kappa shape index (κ2) is 5.72. The van der Waals surface area contributed by atoms with Gasteiger partial charge in [-0.25, -0.2) is 0 Å². The largest absolute Gasteiger partial charge is 0.362 e. The Hall–Kier alpha value is -1.06. The van der Waals surface area contributed by atoms with Gasteiger partial charge in [-0.05, 0) is 45.6 Å². The molecule has 0 bridgehead atoms. The van der Waals surface area contributed by atoms with E-state index in [0.717, 1.165) is 19.6 Å². The molecule has 100 valence electrons. The molecular weight excluding hydrogens is 222 g/mol. The number of nitrogens with zero attached hydrogens (tertiary/aromatic N) is 2. The molecule has 1 heterocycles. The Morgan fingerprint density at radius 2 is 2.11 bits per heavy atom. The van der Waals surface area contributed by atoms with E-state index in [1.54, 1.807) is 0 Å². The maximum Gasteiger partial charge on any atom is 0.0544 e. The smallest absolute Gasteiger partial charge is 0.0544 e. The molecule has 1 aromatic carbocycles. The summed E-state index contributed by atoms with van der Waals surface area (Å²) in [5.41, 5.74) is 2.69. The number of aryl methyl sites for hydroxylation is 1. The van der Waals surface area contributed by atoms with Crippen molar-refractivity contribution in [2.24, 2.45) is 0 Å². The monoisotopic (exact) mass is 247 g/mol. The van der Waals surface area contributed by atoms with Gasteiger partial charge in [0.2, 0.25) is 0 Å². The minimum Gasteiger partial charge on any atom is -0.362 e. The van der Waals surface area contributed by atoms with Crippen LogP contribution in [-0.2, 0) is 0 Å². The molecule has 0 saturated carbocycles. The van der Waals surface area contributed by atoms with Crippen molar-refractivity contribution in [2.75, 3.05) is 38.6 Å². The van der Waals surface area contributed by atoms with Crippen LogP contribution in [0.25, 0.3) is 0 Å². The quantitative estimate of drug-likeness (QED) is 0.877. The number of piperazine rings is 1. The van der Waals surface area contributed by atoms with Crippen LogP contribution >= 0.6 is 0 Å². The van der Waals surface area contributed by atoms with Crippen molar-refractivity contribution in [3.05, 3.63) is 29.8 Å². The van der Waals surface area contributed by atoms with E-state index in [2.05, 4.69) is 67.3 Å². The van der Waals surface area contributed by atoms with Crippen LogP contribution in [0.5, 0.6) is 0 Å². The highest BCUT2D eigenvalue weighted by atomic mass is 15.3. The number of anilines is 1. The average molecular weight is 247 g/mol. The van der Waals surface area contributed by atoms with Crippen LogP contribution in [0.3, 0.4) is 0 Å². The first-order chi connectivity index (χ1) is 8.58. The molecule has 1 fully saturated rings. The van der Waals surface area contributed by atoms with Crippen molar-refractivity contribution >= 4 is 5.69 Å². The van der Waals surface area contributed by atoms with Gasteiger partial charge in [-0.3, -0.25) is 0 Å². The van der Waals surface area contributed by atoms with Gasteiger partial charge in [0.15, 0.2) is 0 Å². The summed E-state index contributed by atoms with van der Waals surface area (Å²) in [4.78, 5) is 4.84. The van der Waals surface area contributed by atoms with Crippen LogP contribution in [0.15, 0.2) is 24.3 Å². The number of hydrogen-bond donors (Lipinski definition) is 1. The normalized spacial score (nSPS) is 24.6. The lowest BCUT2D eigenvalue weighted by atomic mass is 10.1. The lowest BCUT2D eigenvalue weighted by molar-refractivity contribution is 0.316. The van der Waals surface area contributed by atoms with Crippen LogP contribution in [0.1, 0.15) is 12.5 Å². The van der Waals surface area contributed by atoms with Crippen molar-refractivity contribution < 1.29 is 0 Å². The van der Waals surface area contributed by atoms with E-state index in [4.69, 9.17) is 0 Å². The molecule has 3 heteroatoms. The molecule has 1 N–H and O–H groups in total. The Kier molecular flexibility index (Phi) is 4.25. The fourth-order valence-corrected chi connectivity index (χ4v) is 2.84. The van der Waals surface area contributed by atoms with Gasteiger partial charge >= 0.3 is 0 Å². The molecule has 1 aliphatic rings. The fourth-order valence-electron chi connectivity index (χ4n) is 2.84. The molecule has 3 nitrogen and oxygen atoms in total. The molecule has 0 aromatic heterocycles. The minimum absolute atomic E-state index is 0.547. The third kappa shape index (κ3) is 3.03. The first-order valence-corrected chi connectivity index (χ1v) is 6.78. The van der Waals surface area contributed by atoms with Gasteiger partial charge in [-0.15, -0.1) is 0 Å². The summed E-state index contributed by atoms with van der Waals surface area (Å²) in [5.74, 6) is 0. The van der Waals surface area contributed by atoms with E-state index < -0.39 is 0 Å². The SMILES string of the molecule is Cc1cccc(N2C(C)CNCC2CN(C)C)c1. The summed E-state index contributed by atoms with van der Waals surface area (Å²) in [6, 6.07) is 9.95. The number of benzene rings is 1. The summed E-state index contributed by atoms with van der Waals surface area (Å²) in [6.45, 7) is 7.69. The Morgan fingerprint density at radius 3 is 2.78 bits per heavy atom. The van der Waals surface area contributed by atoms with Crippen LogP contribution in [0, 0.1) is 6.92 Å². The molecule has 2 atom stereocenters. The van der Waals surface area contributed by atoms with E-state index in [1.807, 2.05) is 0 Å². The third-order valence-electron chi connectivity index (χ3n) is 3.56. The second-order valence-electron chi connectivity index (χ2n) is 5.67. The van der Waals surface area contributed by atoms with Crippen LogP contribution in [0.4, 0.5) is 5.69 Å². The molecule has 1 aliphatic heterocycles. The Labute approximate surface area is 111 Å². The summed E-state index contributed by atoms with van der Waals surface area (Å²) < 4.78 is 0.